The molecule has 0 amide bonds. The third-order valence-electron chi connectivity index (χ3n) is 10.1. The number of fused-ring (bicyclic) bond motifs is 6. The molecule has 5 aromatic carbocycles. The molecule has 0 fully saturated rings. The molecule has 2 aliphatic heterocycles. The highest BCUT2D eigenvalue weighted by atomic mass is 32.2. The molecule has 7 rings (SSSR count). The maximum absolute atomic E-state index is 11.6. The van der Waals surface area contributed by atoms with Gasteiger partial charge >= 0.3 is 17.9 Å². The number of benzene rings is 5. The number of thioether (sulfide) groups is 2. The Bertz CT molecular complexity index is 2000. The summed E-state index contributed by atoms with van der Waals surface area (Å²) in [5, 5.41) is 27.8. The van der Waals surface area contributed by atoms with Crippen molar-refractivity contribution in [1.82, 2.24) is 0 Å². The lowest BCUT2D eigenvalue weighted by atomic mass is 9.91. The van der Waals surface area contributed by atoms with Crippen molar-refractivity contribution < 1.29 is 34.4 Å². The molecule has 0 aliphatic carbocycles. The molecular formula is C47H48O7S2. The van der Waals surface area contributed by atoms with Gasteiger partial charge in [0.25, 0.3) is 0 Å². The zero-order valence-corrected chi connectivity index (χ0v) is 33.1. The summed E-state index contributed by atoms with van der Waals surface area (Å²) >= 11 is 3.68. The normalized spacial score (nSPS) is 12.6. The van der Waals surface area contributed by atoms with E-state index >= 15 is 0 Å². The number of rotatable bonds is 17. The zero-order valence-electron chi connectivity index (χ0n) is 31.5. The molecule has 56 heavy (non-hydrogen) atoms. The first-order chi connectivity index (χ1) is 27.2. The summed E-state index contributed by atoms with van der Waals surface area (Å²) in [5.74, 6) is 1.38. The smallest absolute Gasteiger partial charge is 0.335 e. The lowest BCUT2D eigenvalue weighted by Crippen LogP contribution is -1.99. The van der Waals surface area contributed by atoms with Crippen LogP contribution in [0.2, 0.25) is 0 Å². The minimum atomic E-state index is -0.952. The minimum Gasteiger partial charge on any atom is -0.494 e. The van der Waals surface area contributed by atoms with Crippen LogP contribution in [0.3, 0.4) is 0 Å². The first-order valence-electron chi connectivity index (χ1n) is 19.3. The number of ether oxygens (including phenoxy) is 1. The van der Waals surface area contributed by atoms with E-state index in [1.54, 1.807) is 24.3 Å². The summed E-state index contributed by atoms with van der Waals surface area (Å²) < 4.78 is 6.07. The van der Waals surface area contributed by atoms with E-state index in [-0.39, 0.29) is 17.5 Å². The Morgan fingerprint density at radius 2 is 0.929 bits per heavy atom. The number of hydrogen-bond acceptors (Lipinski definition) is 6. The quantitative estimate of drug-likeness (QED) is 0.0791. The number of hydrogen-bond donors (Lipinski definition) is 3. The summed E-state index contributed by atoms with van der Waals surface area (Å²) in [6.07, 6.45) is 8.82. The van der Waals surface area contributed by atoms with Gasteiger partial charge in [-0.25, -0.2) is 9.59 Å². The van der Waals surface area contributed by atoms with Gasteiger partial charge in [0.2, 0.25) is 0 Å². The van der Waals surface area contributed by atoms with Crippen molar-refractivity contribution in [2.45, 2.75) is 80.8 Å². The van der Waals surface area contributed by atoms with Gasteiger partial charge in [-0.1, -0.05) is 93.1 Å². The minimum absolute atomic E-state index is 0.251. The van der Waals surface area contributed by atoms with Crippen LogP contribution in [0.4, 0.5) is 0 Å². The average Bonchev–Trinajstić information content (AvgIpc) is 3.21. The first-order valence-corrected chi connectivity index (χ1v) is 21.6. The highest BCUT2D eigenvalue weighted by Crippen LogP contribution is 2.39. The van der Waals surface area contributed by atoms with Gasteiger partial charge < -0.3 is 20.1 Å². The van der Waals surface area contributed by atoms with Crippen molar-refractivity contribution >= 4 is 41.4 Å². The third-order valence-corrected chi connectivity index (χ3v) is 12.2. The molecule has 9 heteroatoms. The summed E-state index contributed by atoms with van der Waals surface area (Å²) in [6, 6.07) is 33.9. The van der Waals surface area contributed by atoms with Crippen LogP contribution >= 0.6 is 23.5 Å². The van der Waals surface area contributed by atoms with Gasteiger partial charge in [-0.3, -0.25) is 4.79 Å². The van der Waals surface area contributed by atoms with Gasteiger partial charge in [0, 0.05) is 29.4 Å². The van der Waals surface area contributed by atoms with Gasteiger partial charge in [0.05, 0.1) is 17.7 Å². The Hall–Kier alpha value is -4.99. The van der Waals surface area contributed by atoms with Gasteiger partial charge in [-0.2, -0.15) is 23.5 Å². The molecule has 0 unspecified atom stereocenters. The van der Waals surface area contributed by atoms with Crippen LogP contribution in [0.1, 0.15) is 101 Å². The second kappa shape index (κ2) is 20.3. The fourth-order valence-electron chi connectivity index (χ4n) is 7.08. The second-order valence-corrected chi connectivity index (χ2v) is 16.3. The summed E-state index contributed by atoms with van der Waals surface area (Å²) in [6.45, 7) is 0.693. The molecule has 290 valence electrons. The fourth-order valence-corrected chi connectivity index (χ4v) is 9.00. The van der Waals surface area contributed by atoms with Crippen LogP contribution in [-0.2, 0) is 27.8 Å². The number of carbonyl (C=O) groups is 3. The van der Waals surface area contributed by atoms with Crippen molar-refractivity contribution in [3.63, 3.8) is 0 Å². The molecule has 4 bridgehead atoms. The number of aromatic carboxylic acids is 2. The molecule has 0 saturated heterocycles. The molecule has 0 radical (unpaired) electrons. The Kier molecular flexibility index (Phi) is 14.7. The van der Waals surface area contributed by atoms with Crippen molar-refractivity contribution in [3.8, 4) is 39.1 Å². The van der Waals surface area contributed by atoms with Crippen LogP contribution in [0, 0.1) is 0 Å². The van der Waals surface area contributed by atoms with E-state index in [9.17, 15) is 24.6 Å². The van der Waals surface area contributed by atoms with Gasteiger partial charge in [0.15, 0.2) is 0 Å². The molecule has 7 nitrogen and oxygen atoms in total. The first kappa shape index (κ1) is 40.7. The zero-order chi connectivity index (χ0) is 39.3. The molecular weight excluding hydrogens is 741 g/mol. The fraction of sp³-hybridized carbons (Fsp3) is 0.298. The van der Waals surface area contributed by atoms with Crippen LogP contribution in [0.15, 0.2) is 103 Å². The summed E-state index contributed by atoms with van der Waals surface area (Å²) in [5.41, 5.74) is 11.7. The van der Waals surface area contributed by atoms with Gasteiger partial charge in [-0.15, -0.1) is 0 Å². The molecule has 0 atom stereocenters. The topological polar surface area (TPSA) is 121 Å². The molecule has 0 spiro atoms. The van der Waals surface area contributed by atoms with Crippen LogP contribution in [0.25, 0.3) is 33.4 Å². The lowest BCUT2D eigenvalue weighted by Gasteiger charge is -2.17. The second-order valence-electron chi connectivity index (χ2n) is 14.3. The third kappa shape index (κ3) is 11.5. The average molecular weight is 789 g/mol. The molecule has 5 aromatic rings. The van der Waals surface area contributed by atoms with Gasteiger partial charge in [-0.05, 0) is 117 Å². The predicted octanol–water partition coefficient (Wildman–Crippen LogP) is 12.2. The van der Waals surface area contributed by atoms with Crippen molar-refractivity contribution in [3.05, 3.63) is 137 Å². The van der Waals surface area contributed by atoms with Crippen LogP contribution < -0.4 is 4.74 Å². The van der Waals surface area contributed by atoms with Gasteiger partial charge in [0.1, 0.15) is 5.75 Å². The largest absolute Gasteiger partial charge is 0.494 e. The monoisotopic (exact) mass is 788 g/mol. The Morgan fingerprint density at radius 1 is 0.482 bits per heavy atom. The maximum atomic E-state index is 11.6. The lowest BCUT2D eigenvalue weighted by molar-refractivity contribution is -0.137. The van der Waals surface area contributed by atoms with E-state index < -0.39 is 17.9 Å². The Balaban J connectivity index is 1.13. The molecule has 2 heterocycles. The highest BCUT2D eigenvalue weighted by Gasteiger charge is 2.17. The summed E-state index contributed by atoms with van der Waals surface area (Å²) in [7, 11) is 0. The van der Waals surface area contributed by atoms with E-state index in [0.29, 0.717) is 6.61 Å². The summed E-state index contributed by atoms with van der Waals surface area (Å²) in [4.78, 5) is 33.8. The van der Waals surface area contributed by atoms with Crippen molar-refractivity contribution in [1.29, 1.82) is 0 Å². The number of carboxylic acids is 3. The molecule has 0 aromatic heterocycles. The Morgan fingerprint density at radius 3 is 1.39 bits per heavy atom. The van der Waals surface area contributed by atoms with Crippen molar-refractivity contribution in [2.24, 2.45) is 0 Å². The molecule has 3 N–H and O–H groups in total. The van der Waals surface area contributed by atoms with Crippen molar-refractivity contribution in [2.75, 3.05) is 6.61 Å². The molecule has 0 saturated carbocycles. The van der Waals surface area contributed by atoms with E-state index in [1.165, 1.54) is 29.5 Å². The standard InChI is InChI=1S/C47H48O7S2/c48-45(49)9-7-5-3-1-2-4-6-8-22-54-42-20-18-34(19-21-42)39-24-32-23-33(25-39)29-56-31-41-26-43(35-10-14-37(15-11-35)46(50)51)40(30-55-28-32)27-44(41)36-12-16-38(17-13-36)47(52)53/h10-21,23-27H,1-9,22,28-31H2,(H,48,49)(H,50,51)(H,52,53). The van der Waals surface area contributed by atoms with E-state index in [4.69, 9.17) is 9.84 Å². The van der Waals surface area contributed by atoms with E-state index in [0.717, 1.165) is 106 Å². The van der Waals surface area contributed by atoms with Crippen LogP contribution in [0.5, 0.6) is 5.75 Å². The number of unbranched alkanes of at least 4 members (excludes halogenated alkanes) is 7. The maximum Gasteiger partial charge on any atom is 0.335 e. The number of aliphatic carboxylic acids is 1. The van der Waals surface area contributed by atoms with E-state index in [2.05, 4.69) is 54.6 Å². The Labute approximate surface area is 337 Å². The van der Waals surface area contributed by atoms with E-state index in [1.807, 2.05) is 47.8 Å². The predicted molar refractivity (Wildman–Crippen MR) is 228 cm³/mol. The highest BCUT2D eigenvalue weighted by molar-refractivity contribution is 7.98. The molecule has 2 aliphatic rings. The SMILES string of the molecule is O=C(O)CCCCCCCCCCOc1ccc(-c2cc3cc(c2)CSCc2cc(-c4ccc(C(=O)O)cc4)c(cc2-c2ccc(C(=O)O)cc2)CSC3)cc1. The number of carboxylic acid groups (broad SMARTS) is 3. The van der Waals surface area contributed by atoms with Crippen LogP contribution in [-0.4, -0.2) is 39.8 Å².